The average molecular weight is 546 g/mol. The second kappa shape index (κ2) is 11.3. The second-order valence-electron chi connectivity index (χ2n) is 10.8. The zero-order valence-corrected chi connectivity index (χ0v) is 23.1. The fourth-order valence-corrected chi connectivity index (χ4v) is 7.07. The summed E-state index contributed by atoms with van der Waals surface area (Å²) in [5.74, 6) is -0.659. The predicted octanol–water partition coefficient (Wildman–Crippen LogP) is 6.48. The Morgan fingerprint density at radius 3 is 2.41 bits per heavy atom. The summed E-state index contributed by atoms with van der Waals surface area (Å²) in [7, 11) is -3.62. The number of cyclic esters (lactones) is 1. The minimum Gasteiger partial charge on any atom is -0.512 e. The van der Waals surface area contributed by atoms with Crippen LogP contribution in [0.5, 0.6) is 0 Å². The van der Waals surface area contributed by atoms with Gasteiger partial charge in [-0.15, -0.1) is 0 Å². The maximum absolute atomic E-state index is 13.6. The number of aliphatic hydroxyl groups excluding tert-OH is 1. The molecule has 2 aliphatic rings. The third kappa shape index (κ3) is 6.25. The van der Waals surface area contributed by atoms with E-state index in [1.54, 1.807) is 18.2 Å². The normalized spacial score (nSPS) is 20.5. The van der Waals surface area contributed by atoms with E-state index >= 15 is 0 Å². The standard InChI is InChI=1S/C32H35NO5S/c1-2-17-32(18-16-23-9-4-3-5-10-23)21-27(34)30(31(35)38-32)29(25-14-15-25)26-12-8-11-24(20-26)22-39(36,37)28-13-6-7-19-33-28/h3-13,19-20,25,29,34H,2,14-18,21-22H2,1H3. The van der Waals surface area contributed by atoms with Gasteiger partial charge in [0.25, 0.3) is 0 Å². The Hall–Kier alpha value is -3.45. The van der Waals surface area contributed by atoms with Crippen LogP contribution in [-0.2, 0) is 31.5 Å². The van der Waals surface area contributed by atoms with Crippen molar-refractivity contribution < 1.29 is 23.1 Å². The molecule has 1 aliphatic carbocycles. The van der Waals surface area contributed by atoms with Gasteiger partial charge in [0.05, 0.1) is 11.3 Å². The van der Waals surface area contributed by atoms with E-state index in [1.807, 2.05) is 36.4 Å². The molecule has 204 valence electrons. The summed E-state index contributed by atoms with van der Waals surface area (Å²) >= 11 is 0. The highest BCUT2D eigenvalue weighted by Crippen LogP contribution is 2.50. The molecule has 1 N–H and O–H groups in total. The van der Waals surface area contributed by atoms with E-state index in [1.165, 1.54) is 17.8 Å². The molecule has 1 fully saturated rings. The molecule has 1 saturated carbocycles. The van der Waals surface area contributed by atoms with Gasteiger partial charge in [0.1, 0.15) is 11.4 Å². The molecule has 1 aromatic heterocycles. The SMILES string of the molecule is CCCC1(CCc2ccccc2)CC(O)=C(C(c2cccc(CS(=O)(=O)c3ccccn3)c2)C2CC2)C(=O)O1. The molecule has 2 unspecified atom stereocenters. The first kappa shape index (κ1) is 27.1. The van der Waals surface area contributed by atoms with Crippen LogP contribution in [0.1, 0.15) is 68.1 Å². The molecule has 5 rings (SSSR count). The van der Waals surface area contributed by atoms with E-state index in [4.69, 9.17) is 4.74 Å². The predicted molar refractivity (Wildman–Crippen MR) is 150 cm³/mol. The van der Waals surface area contributed by atoms with Crippen molar-refractivity contribution in [2.75, 3.05) is 0 Å². The molecule has 7 heteroatoms. The summed E-state index contributed by atoms with van der Waals surface area (Å²) in [4.78, 5) is 17.6. The van der Waals surface area contributed by atoms with Gasteiger partial charge < -0.3 is 9.84 Å². The van der Waals surface area contributed by atoms with Crippen LogP contribution >= 0.6 is 0 Å². The van der Waals surface area contributed by atoms with Crippen LogP contribution in [0.2, 0.25) is 0 Å². The Balaban J connectivity index is 1.42. The van der Waals surface area contributed by atoms with Crippen molar-refractivity contribution in [1.82, 2.24) is 4.98 Å². The number of hydrogen-bond donors (Lipinski definition) is 1. The van der Waals surface area contributed by atoms with Crippen LogP contribution < -0.4 is 0 Å². The first-order valence-electron chi connectivity index (χ1n) is 13.7. The molecule has 2 atom stereocenters. The molecule has 0 amide bonds. The van der Waals surface area contributed by atoms with Gasteiger partial charge in [-0.2, -0.15) is 0 Å². The largest absolute Gasteiger partial charge is 0.512 e. The molecule has 2 aromatic carbocycles. The molecule has 2 heterocycles. The quantitative estimate of drug-likeness (QED) is 0.277. The maximum Gasteiger partial charge on any atom is 0.338 e. The molecule has 1 aliphatic heterocycles. The molecule has 0 radical (unpaired) electrons. The Kier molecular flexibility index (Phi) is 7.89. The van der Waals surface area contributed by atoms with Gasteiger partial charge in [-0.05, 0) is 66.8 Å². The van der Waals surface area contributed by atoms with Crippen LogP contribution in [0.25, 0.3) is 0 Å². The monoisotopic (exact) mass is 545 g/mol. The highest BCUT2D eigenvalue weighted by Gasteiger charge is 2.47. The van der Waals surface area contributed by atoms with Gasteiger partial charge >= 0.3 is 5.97 Å². The fraction of sp³-hybridized carbons (Fsp3) is 0.375. The molecule has 39 heavy (non-hydrogen) atoms. The summed E-state index contributed by atoms with van der Waals surface area (Å²) in [6.07, 6.45) is 6.57. The molecule has 0 bridgehead atoms. The second-order valence-corrected chi connectivity index (χ2v) is 12.8. The number of carbonyl (C=O) groups is 1. The van der Waals surface area contributed by atoms with Gasteiger partial charge in [-0.25, -0.2) is 18.2 Å². The van der Waals surface area contributed by atoms with E-state index in [2.05, 4.69) is 24.0 Å². The molecule has 0 spiro atoms. The number of aromatic nitrogens is 1. The number of ether oxygens (including phenoxy) is 1. The number of aliphatic hydroxyl groups is 1. The molecule has 0 saturated heterocycles. The third-order valence-corrected chi connectivity index (χ3v) is 9.37. The number of aryl methyl sites for hydroxylation is 1. The number of pyridine rings is 1. The summed E-state index contributed by atoms with van der Waals surface area (Å²) in [5, 5.41) is 11.4. The number of hydrogen-bond acceptors (Lipinski definition) is 6. The van der Waals surface area contributed by atoms with Crippen LogP contribution in [-0.4, -0.2) is 30.1 Å². The highest BCUT2D eigenvalue weighted by atomic mass is 32.2. The molecule has 6 nitrogen and oxygen atoms in total. The number of nitrogens with zero attached hydrogens (tertiary/aromatic N) is 1. The van der Waals surface area contributed by atoms with Crippen molar-refractivity contribution in [2.45, 2.75) is 74.2 Å². The Morgan fingerprint density at radius 2 is 1.74 bits per heavy atom. The van der Waals surface area contributed by atoms with E-state index in [-0.39, 0.29) is 28.4 Å². The number of rotatable bonds is 11. The average Bonchev–Trinajstić information content (AvgIpc) is 3.76. The molecule has 3 aromatic rings. The van der Waals surface area contributed by atoms with Gasteiger partial charge in [-0.3, -0.25) is 0 Å². The lowest BCUT2D eigenvalue weighted by Gasteiger charge is -2.39. The number of esters is 1. The van der Waals surface area contributed by atoms with Crippen molar-refractivity contribution in [3.05, 3.63) is 107 Å². The summed E-state index contributed by atoms with van der Waals surface area (Å²) in [6, 6.07) is 22.3. The Morgan fingerprint density at radius 1 is 1.00 bits per heavy atom. The lowest BCUT2D eigenvalue weighted by Crippen LogP contribution is -2.42. The van der Waals surface area contributed by atoms with E-state index in [0.29, 0.717) is 30.4 Å². The first-order chi connectivity index (χ1) is 18.8. The van der Waals surface area contributed by atoms with Crippen LogP contribution in [0, 0.1) is 5.92 Å². The Bertz CT molecular complexity index is 1450. The van der Waals surface area contributed by atoms with E-state index in [9.17, 15) is 18.3 Å². The van der Waals surface area contributed by atoms with Crippen molar-refractivity contribution in [2.24, 2.45) is 5.92 Å². The third-order valence-electron chi connectivity index (χ3n) is 7.78. The van der Waals surface area contributed by atoms with Crippen molar-refractivity contribution >= 4 is 15.8 Å². The maximum atomic E-state index is 13.6. The topological polar surface area (TPSA) is 93.6 Å². The van der Waals surface area contributed by atoms with Gasteiger partial charge in [-0.1, -0.05) is 74.0 Å². The lowest BCUT2D eigenvalue weighted by atomic mass is 9.79. The summed E-state index contributed by atoms with van der Waals surface area (Å²) in [5.41, 5.74) is 2.22. The minimum atomic E-state index is -3.62. The van der Waals surface area contributed by atoms with Crippen LogP contribution in [0.3, 0.4) is 0 Å². The minimum absolute atomic E-state index is 0.0353. The van der Waals surface area contributed by atoms with Crippen molar-refractivity contribution in [3.63, 3.8) is 0 Å². The van der Waals surface area contributed by atoms with Crippen LogP contribution in [0.15, 0.2) is 95.4 Å². The fourth-order valence-electron chi connectivity index (χ4n) is 5.79. The zero-order valence-electron chi connectivity index (χ0n) is 22.3. The number of sulfone groups is 1. The van der Waals surface area contributed by atoms with Crippen molar-refractivity contribution in [1.29, 1.82) is 0 Å². The first-order valence-corrected chi connectivity index (χ1v) is 15.4. The summed E-state index contributed by atoms with van der Waals surface area (Å²) < 4.78 is 32.1. The highest BCUT2D eigenvalue weighted by molar-refractivity contribution is 7.90. The lowest BCUT2D eigenvalue weighted by molar-refractivity contribution is -0.161. The smallest absolute Gasteiger partial charge is 0.338 e. The van der Waals surface area contributed by atoms with E-state index in [0.717, 1.165) is 31.2 Å². The molecular formula is C32H35NO5S. The van der Waals surface area contributed by atoms with Gasteiger partial charge in [0, 0.05) is 18.5 Å². The number of carbonyl (C=O) groups excluding carboxylic acids is 1. The summed E-state index contributed by atoms with van der Waals surface area (Å²) in [6.45, 7) is 2.06. The number of benzene rings is 2. The zero-order chi connectivity index (χ0) is 27.5. The van der Waals surface area contributed by atoms with Gasteiger partial charge in [0.2, 0.25) is 0 Å². The molecular weight excluding hydrogens is 510 g/mol. The van der Waals surface area contributed by atoms with Crippen molar-refractivity contribution in [3.8, 4) is 0 Å². The Labute approximate surface area is 230 Å². The van der Waals surface area contributed by atoms with Crippen LogP contribution in [0.4, 0.5) is 0 Å². The van der Waals surface area contributed by atoms with E-state index < -0.39 is 21.4 Å². The van der Waals surface area contributed by atoms with Gasteiger partial charge in [0.15, 0.2) is 14.9 Å².